The number of esters is 4. The van der Waals surface area contributed by atoms with Gasteiger partial charge in [-0.2, -0.15) is 0 Å². The highest BCUT2D eigenvalue weighted by atomic mass is 31.2. The van der Waals surface area contributed by atoms with Crippen LogP contribution in [0, 0.1) is 5.92 Å². The molecule has 103 heavy (non-hydrogen) atoms. The van der Waals surface area contributed by atoms with Crippen molar-refractivity contribution in [2.24, 2.45) is 5.92 Å². The van der Waals surface area contributed by atoms with Crippen LogP contribution in [-0.4, -0.2) is 96.7 Å². The van der Waals surface area contributed by atoms with Crippen molar-refractivity contribution < 1.29 is 80.2 Å². The maximum Gasteiger partial charge on any atom is 0.472 e. The number of aliphatic hydroxyl groups excluding tert-OH is 1. The van der Waals surface area contributed by atoms with E-state index < -0.39 is 97.5 Å². The highest BCUT2D eigenvalue weighted by Crippen LogP contribution is 2.45. The molecular weight excluding hydrogens is 1340 g/mol. The van der Waals surface area contributed by atoms with Crippen LogP contribution in [-0.2, 0) is 65.4 Å². The van der Waals surface area contributed by atoms with Crippen LogP contribution in [0.25, 0.3) is 0 Å². The first-order valence-corrected chi connectivity index (χ1v) is 46.6. The molecule has 0 aliphatic rings. The molecule has 612 valence electrons. The Bertz CT molecular complexity index is 1960. The summed E-state index contributed by atoms with van der Waals surface area (Å²) in [5, 5.41) is 10.7. The summed E-state index contributed by atoms with van der Waals surface area (Å²) >= 11 is 0. The van der Waals surface area contributed by atoms with Crippen molar-refractivity contribution in [3.63, 3.8) is 0 Å². The van der Waals surface area contributed by atoms with E-state index in [2.05, 4.69) is 34.6 Å². The standard InChI is InChI=1S/C84H164O17P2/c1-6-9-12-15-18-21-23-25-27-29-30-31-32-34-36-42-46-50-55-60-65-70-84(89)101-80(74-95-82(87)68-63-58-53-48-44-40-38-37-39-43-47-51-56-61-66-77(4)5)76-99-103(92,93)97-72-78(85)71-96-102(90,91)98-75-79(73-94-81(86)67-62-57-52-20-17-14-11-8-3)100-83(88)69-64-59-54-49-45-41-35-33-28-26-24-22-19-16-13-10-7-2/h77-80,85H,6-76H2,1-5H3,(H,90,91)(H,92,93)/t78-,79+,80+/m0/s1. The molecule has 0 saturated heterocycles. The molecule has 0 radical (unpaired) electrons. The van der Waals surface area contributed by atoms with E-state index in [1.165, 1.54) is 276 Å². The minimum absolute atomic E-state index is 0.109. The van der Waals surface area contributed by atoms with E-state index in [0.29, 0.717) is 25.7 Å². The normalized spacial score (nSPS) is 13.8. The number of rotatable bonds is 84. The summed E-state index contributed by atoms with van der Waals surface area (Å²) in [6, 6.07) is 0. The molecule has 0 aromatic rings. The van der Waals surface area contributed by atoms with Gasteiger partial charge in [-0.1, -0.05) is 401 Å². The minimum Gasteiger partial charge on any atom is -0.462 e. The Morgan fingerprint density at radius 1 is 0.262 bits per heavy atom. The van der Waals surface area contributed by atoms with Crippen molar-refractivity contribution in [3.8, 4) is 0 Å². The Labute approximate surface area is 632 Å². The number of hydrogen-bond acceptors (Lipinski definition) is 15. The molecule has 3 N–H and O–H groups in total. The molecule has 17 nitrogen and oxygen atoms in total. The third kappa shape index (κ3) is 78.0. The maximum atomic E-state index is 13.1. The van der Waals surface area contributed by atoms with Crippen LogP contribution in [0.4, 0.5) is 0 Å². The summed E-state index contributed by atoms with van der Waals surface area (Å²) in [5.41, 5.74) is 0. The molecule has 0 heterocycles. The number of carbonyl (C=O) groups is 4. The number of aliphatic hydroxyl groups is 1. The smallest absolute Gasteiger partial charge is 0.462 e. The van der Waals surface area contributed by atoms with Gasteiger partial charge in [-0.15, -0.1) is 0 Å². The van der Waals surface area contributed by atoms with Crippen LogP contribution < -0.4 is 0 Å². The van der Waals surface area contributed by atoms with E-state index in [1.54, 1.807) is 0 Å². The summed E-state index contributed by atoms with van der Waals surface area (Å²) < 4.78 is 68.8. The summed E-state index contributed by atoms with van der Waals surface area (Å²) in [4.78, 5) is 73.0. The predicted octanol–water partition coefficient (Wildman–Crippen LogP) is 25.6. The van der Waals surface area contributed by atoms with Crippen molar-refractivity contribution >= 4 is 39.5 Å². The van der Waals surface area contributed by atoms with Gasteiger partial charge in [0.05, 0.1) is 26.4 Å². The van der Waals surface area contributed by atoms with E-state index >= 15 is 0 Å². The van der Waals surface area contributed by atoms with E-state index in [4.69, 9.17) is 37.0 Å². The van der Waals surface area contributed by atoms with Crippen LogP contribution >= 0.6 is 15.6 Å². The maximum absolute atomic E-state index is 13.1. The highest BCUT2D eigenvalue weighted by Gasteiger charge is 2.30. The fourth-order valence-electron chi connectivity index (χ4n) is 13.1. The molecule has 5 atom stereocenters. The van der Waals surface area contributed by atoms with Gasteiger partial charge in [-0.25, -0.2) is 9.13 Å². The van der Waals surface area contributed by atoms with Gasteiger partial charge in [0.1, 0.15) is 19.3 Å². The van der Waals surface area contributed by atoms with Crippen molar-refractivity contribution in [1.82, 2.24) is 0 Å². The van der Waals surface area contributed by atoms with Crippen molar-refractivity contribution in [2.75, 3.05) is 39.6 Å². The average Bonchev–Trinajstić information content (AvgIpc) is 0.934. The van der Waals surface area contributed by atoms with Crippen LogP contribution in [0.1, 0.15) is 452 Å². The number of unbranched alkanes of at least 4 members (excludes halogenated alkanes) is 56. The van der Waals surface area contributed by atoms with E-state index in [0.717, 1.165) is 95.8 Å². The monoisotopic (exact) mass is 1510 g/mol. The molecule has 0 rings (SSSR count). The molecule has 0 saturated carbocycles. The lowest BCUT2D eigenvalue weighted by Gasteiger charge is -2.21. The molecule has 0 spiro atoms. The molecule has 0 aromatic carbocycles. The molecule has 0 aromatic heterocycles. The van der Waals surface area contributed by atoms with E-state index in [1.807, 2.05) is 0 Å². The number of carbonyl (C=O) groups excluding carboxylic acids is 4. The molecule has 0 aliphatic carbocycles. The van der Waals surface area contributed by atoms with E-state index in [-0.39, 0.29) is 25.7 Å². The van der Waals surface area contributed by atoms with Gasteiger partial charge in [0.15, 0.2) is 12.2 Å². The first-order chi connectivity index (χ1) is 50.0. The summed E-state index contributed by atoms with van der Waals surface area (Å²) in [7, 11) is -9.92. The van der Waals surface area contributed by atoms with Gasteiger partial charge in [0, 0.05) is 25.7 Å². The quantitative estimate of drug-likeness (QED) is 0.0222. The summed E-state index contributed by atoms with van der Waals surface area (Å²) in [6.45, 7) is 7.35. The van der Waals surface area contributed by atoms with Gasteiger partial charge in [-0.3, -0.25) is 37.3 Å². The SMILES string of the molecule is CCCCCCCCCCCCCCCCCCCCCCCC(=O)O[C@H](COC(=O)CCCCCCCCCCCCCCCCC(C)C)COP(=O)(O)OC[C@@H](O)COP(=O)(O)OC[C@@H](COC(=O)CCCCCCCCCC)OC(=O)CCCCCCCCCCCCCCCCCCC. The second kappa shape index (κ2) is 76.8. The molecule has 0 amide bonds. The van der Waals surface area contributed by atoms with Crippen LogP contribution in [0.2, 0.25) is 0 Å². The lowest BCUT2D eigenvalue weighted by Crippen LogP contribution is -2.30. The summed E-state index contributed by atoms with van der Waals surface area (Å²) in [6.07, 6.45) is 69.5. The zero-order chi connectivity index (χ0) is 75.5. The van der Waals surface area contributed by atoms with Gasteiger partial charge in [-0.05, 0) is 31.6 Å². The number of phosphoric ester groups is 2. The van der Waals surface area contributed by atoms with Gasteiger partial charge < -0.3 is 33.8 Å². The molecule has 0 bridgehead atoms. The first-order valence-electron chi connectivity index (χ1n) is 43.6. The number of hydrogen-bond donors (Lipinski definition) is 3. The fraction of sp³-hybridized carbons (Fsp3) is 0.952. The average molecular weight is 1510 g/mol. The Hall–Kier alpha value is -1.94. The zero-order valence-electron chi connectivity index (χ0n) is 67.5. The first kappa shape index (κ1) is 101. The van der Waals surface area contributed by atoms with Gasteiger partial charge in [0.2, 0.25) is 0 Å². The second-order valence-corrected chi connectivity index (χ2v) is 33.6. The molecule has 2 unspecified atom stereocenters. The third-order valence-electron chi connectivity index (χ3n) is 19.8. The predicted molar refractivity (Wildman–Crippen MR) is 423 cm³/mol. The Morgan fingerprint density at radius 3 is 0.660 bits per heavy atom. The Balaban J connectivity index is 5.18. The highest BCUT2D eigenvalue weighted by molar-refractivity contribution is 7.47. The van der Waals surface area contributed by atoms with Crippen LogP contribution in [0.3, 0.4) is 0 Å². The molecule has 19 heteroatoms. The topological polar surface area (TPSA) is 237 Å². The number of phosphoric acid groups is 2. The van der Waals surface area contributed by atoms with Crippen molar-refractivity contribution in [3.05, 3.63) is 0 Å². The molecule has 0 aliphatic heterocycles. The fourth-order valence-corrected chi connectivity index (χ4v) is 14.7. The minimum atomic E-state index is -4.96. The molecular formula is C84H164O17P2. The second-order valence-electron chi connectivity index (χ2n) is 30.7. The number of ether oxygens (including phenoxy) is 4. The van der Waals surface area contributed by atoms with Gasteiger partial charge >= 0.3 is 39.5 Å². The Kier molecular flexibility index (Phi) is 75.4. The Morgan fingerprint density at radius 2 is 0.447 bits per heavy atom. The van der Waals surface area contributed by atoms with Crippen molar-refractivity contribution in [1.29, 1.82) is 0 Å². The lowest BCUT2D eigenvalue weighted by atomic mass is 10.0. The van der Waals surface area contributed by atoms with Crippen molar-refractivity contribution in [2.45, 2.75) is 470 Å². The zero-order valence-corrected chi connectivity index (χ0v) is 69.3. The van der Waals surface area contributed by atoms with Gasteiger partial charge in [0.25, 0.3) is 0 Å². The summed E-state index contributed by atoms with van der Waals surface area (Å²) in [5.74, 6) is -1.31. The molecule has 0 fully saturated rings. The lowest BCUT2D eigenvalue weighted by molar-refractivity contribution is -0.161. The van der Waals surface area contributed by atoms with E-state index in [9.17, 15) is 43.2 Å². The third-order valence-corrected chi connectivity index (χ3v) is 21.7. The van der Waals surface area contributed by atoms with Crippen LogP contribution in [0.5, 0.6) is 0 Å². The largest absolute Gasteiger partial charge is 0.472 e. The van der Waals surface area contributed by atoms with Crippen LogP contribution in [0.15, 0.2) is 0 Å².